The molecule has 25 nitrogen and oxygen atoms in total. The number of aliphatic hydroxyl groups is 1. The number of fused-ring (bicyclic) bond motifs is 6. The van der Waals surface area contributed by atoms with Gasteiger partial charge in [0.15, 0.2) is 5.82 Å². The van der Waals surface area contributed by atoms with Gasteiger partial charge in [-0.25, -0.2) is 59.0 Å². The van der Waals surface area contributed by atoms with Gasteiger partial charge in [-0.2, -0.15) is 0 Å². The maximum Gasteiger partial charge on any atom is 0.315 e. The molecule has 4 unspecified atom stereocenters. The molecule has 0 aliphatic carbocycles. The second-order valence-corrected chi connectivity index (χ2v) is 40.2. The summed E-state index contributed by atoms with van der Waals surface area (Å²) >= 11 is 56.9. The van der Waals surface area contributed by atoms with Gasteiger partial charge in [0.1, 0.15) is 72.0 Å². The lowest BCUT2D eigenvalue weighted by Crippen LogP contribution is -2.55. The molecule has 0 radical (unpaired) electrons. The van der Waals surface area contributed by atoms with Crippen molar-refractivity contribution in [2.75, 3.05) is 130 Å². The van der Waals surface area contributed by atoms with E-state index in [9.17, 15) is 24.6 Å². The predicted octanol–water partition coefficient (Wildman–Crippen LogP) is 24.1. The highest BCUT2D eigenvalue weighted by molar-refractivity contribution is 6.37. The molecule has 4 atom stereocenters. The number of primary amides is 1. The molecular weight excluding hydrogens is 2000 g/mol. The molecule has 0 spiro atoms. The third kappa shape index (κ3) is 23.5. The molecule has 5 N–H and O–H groups in total. The van der Waals surface area contributed by atoms with E-state index in [-0.39, 0.29) is 52.4 Å². The van der Waals surface area contributed by atoms with Gasteiger partial charge in [-0.3, -0.25) is 14.5 Å². The van der Waals surface area contributed by atoms with E-state index in [1.807, 2.05) is 170 Å². The SMILES string of the molecule is CC(=O)N1CCN(c2ncnc3cc(Cl)c(-c4ccc(Cl)cc4)cc23)CC1C.CC1CCCN(c2ncnc3c(F)c(-c4cc(O)cc5ccccc45)c(Cl)cc23)C1.CC1CN(c2ncnc3cc(Cl)c(-c4ccc(Cl)cc4)cc23)CCN1C(N)=O.CC1CN(c2ncnc3cc(Cl)c(-c4ccc(Cl)cc4)cc23)CCN1CCO.CNC(=O)CC1CCN(c2ncnc3cc(Cl)c(-c4ccc(Cl)cc4)cc23)CC1. The van der Waals surface area contributed by atoms with E-state index in [2.05, 4.69) is 117 Å². The molecule has 5 aliphatic rings. The molecular formula is C108H104Cl9FN20O5. The minimum absolute atomic E-state index is 0.000647. The van der Waals surface area contributed by atoms with Gasteiger partial charge in [0.25, 0.3) is 0 Å². The Morgan fingerprint density at radius 2 is 0.797 bits per heavy atom. The molecule has 5 saturated heterocycles. The quantitative estimate of drug-likeness (QED) is 0.0787. The first-order valence-electron chi connectivity index (χ1n) is 47.3. The summed E-state index contributed by atoms with van der Waals surface area (Å²) in [7, 11) is 1.69. The normalized spacial score (nSPS) is 16.9. The molecule has 10 heterocycles. The smallest absolute Gasteiger partial charge is 0.315 e. The van der Waals surface area contributed by atoms with Gasteiger partial charge in [0.05, 0.1) is 53.8 Å². The van der Waals surface area contributed by atoms with Crippen LogP contribution < -0.4 is 35.6 Å². The second kappa shape index (κ2) is 45.8. The van der Waals surface area contributed by atoms with Crippen LogP contribution in [-0.2, 0) is 9.59 Å². The summed E-state index contributed by atoms with van der Waals surface area (Å²) in [5.41, 5.74) is 17.4. The fraction of sp³-hybridized carbons (Fsp3) is 0.287. The summed E-state index contributed by atoms with van der Waals surface area (Å²) in [6, 6.07) is 58.7. The van der Waals surface area contributed by atoms with Crippen molar-refractivity contribution in [2.24, 2.45) is 17.6 Å². The second-order valence-electron chi connectivity index (χ2n) is 36.5. The number of aromatic nitrogens is 10. The topological polar surface area (TPSA) is 285 Å². The van der Waals surface area contributed by atoms with Crippen molar-refractivity contribution in [3.8, 4) is 61.4 Å². The first-order chi connectivity index (χ1) is 69.0. The third-order valence-electron chi connectivity index (χ3n) is 27.0. The number of amides is 4. The fourth-order valence-electron chi connectivity index (χ4n) is 19.6. The molecule has 736 valence electrons. The van der Waals surface area contributed by atoms with Crippen LogP contribution in [-0.4, -0.2) is 216 Å². The zero-order valence-electron chi connectivity index (χ0n) is 79.3. The predicted molar refractivity (Wildman–Crippen MR) is 581 cm³/mol. The number of benzene rings is 11. The number of phenolic OH excluding ortho intramolecular Hbond substituents is 1. The number of aliphatic hydroxyl groups excluding tert-OH is 1. The number of nitrogens with zero attached hydrogens (tertiary/aromatic N) is 18. The van der Waals surface area contributed by atoms with Gasteiger partial charge >= 0.3 is 6.03 Å². The third-order valence-corrected chi connectivity index (χ3v) is 29.5. The Labute approximate surface area is 873 Å². The highest BCUT2D eigenvalue weighted by atomic mass is 35.5. The fourth-order valence-corrected chi connectivity index (χ4v) is 21.5. The maximum absolute atomic E-state index is 15.8. The molecule has 11 aromatic carbocycles. The number of aromatic hydroxyl groups is 1. The van der Waals surface area contributed by atoms with E-state index in [0.717, 1.165) is 206 Å². The van der Waals surface area contributed by atoms with Crippen LogP contribution >= 0.6 is 104 Å². The number of hydrogen-bond donors (Lipinski definition) is 4. The summed E-state index contributed by atoms with van der Waals surface area (Å²) in [5.74, 6) is 5.01. The summed E-state index contributed by atoms with van der Waals surface area (Å²) in [5, 5.41) is 33.8. The Bertz CT molecular complexity index is 7210. The monoisotopic (exact) mass is 2090 g/mol. The summed E-state index contributed by atoms with van der Waals surface area (Å²) < 4.78 is 15.8. The van der Waals surface area contributed by atoms with Gasteiger partial charge in [-0.15, -0.1) is 0 Å². The summed E-state index contributed by atoms with van der Waals surface area (Å²) in [4.78, 5) is 96.6. The zero-order valence-corrected chi connectivity index (χ0v) is 86.1. The number of nitrogens with two attached hydrogens (primary N) is 1. The Morgan fingerprint density at radius 1 is 0.406 bits per heavy atom. The molecule has 35 heteroatoms. The first kappa shape index (κ1) is 102. The van der Waals surface area contributed by atoms with Crippen LogP contribution in [0.4, 0.5) is 38.3 Å². The molecule has 5 fully saturated rings. The number of carbonyl (C=O) groups is 3. The van der Waals surface area contributed by atoms with Crippen LogP contribution in [0, 0.1) is 17.7 Å². The molecule has 16 aromatic rings. The molecule has 21 rings (SSSR count). The van der Waals surface area contributed by atoms with Gasteiger partial charge in [0, 0.05) is 205 Å². The number of β-amino-alcohol motifs (C(OH)–C–C–N with tert-alkyl or cyclic N) is 1. The lowest BCUT2D eigenvalue weighted by Gasteiger charge is -2.40. The Morgan fingerprint density at radius 3 is 1.20 bits per heavy atom. The molecule has 0 saturated carbocycles. The number of phenols is 1. The Hall–Kier alpha value is -12.2. The van der Waals surface area contributed by atoms with Crippen molar-refractivity contribution in [1.29, 1.82) is 0 Å². The van der Waals surface area contributed by atoms with Crippen LogP contribution in [0.1, 0.15) is 66.7 Å². The van der Waals surface area contributed by atoms with E-state index in [1.54, 1.807) is 62.4 Å². The number of anilines is 5. The first-order valence-corrected chi connectivity index (χ1v) is 50.7. The van der Waals surface area contributed by atoms with Crippen molar-refractivity contribution >= 4 is 217 Å². The van der Waals surface area contributed by atoms with Crippen LogP contribution in [0.2, 0.25) is 45.2 Å². The number of rotatable bonds is 14. The molecule has 5 aromatic heterocycles. The van der Waals surface area contributed by atoms with E-state index in [4.69, 9.17) is 110 Å². The zero-order chi connectivity index (χ0) is 101. The summed E-state index contributed by atoms with van der Waals surface area (Å²) in [6.45, 7) is 21.0. The average molecular weight is 2100 g/mol. The van der Waals surface area contributed by atoms with Gasteiger partial charge in [-0.1, -0.05) is 184 Å². The number of hydrogen-bond acceptors (Lipinski definition) is 21. The average Bonchev–Trinajstić information content (AvgIpc) is 0.741. The Kier molecular flexibility index (Phi) is 32.8. The van der Waals surface area contributed by atoms with E-state index in [1.165, 1.54) is 12.7 Å². The van der Waals surface area contributed by atoms with Gasteiger partial charge in [-0.05, 0) is 212 Å². The molecule has 5 aliphatic heterocycles. The van der Waals surface area contributed by atoms with Crippen molar-refractivity contribution in [1.82, 2.24) is 69.9 Å². The Balaban J connectivity index is 0.000000123. The van der Waals surface area contributed by atoms with Crippen molar-refractivity contribution < 1.29 is 29.0 Å². The number of nitrogens with one attached hydrogen (secondary N) is 1. The minimum atomic E-state index is -0.498. The van der Waals surface area contributed by atoms with Gasteiger partial charge < -0.3 is 55.6 Å². The minimum Gasteiger partial charge on any atom is -0.508 e. The lowest BCUT2D eigenvalue weighted by molar-refractivity contribution is -0.131. The standard InChI is InChI=1S/C24H21ClFN3O.C22H22Cl2N4O.C21H20Cl2N4O.C21H22Cl2N4O.C20H19Cl2N5O/c1-14-5-4-8-29(12-14)24-19-11-20(25)21(22(26)23(19)27-13-28-24)18-10-16(30)9-15-6-2-3-7-17(15)18;1-25-21(29)10-14-6-8-28(9-7-14)22-18-11-17(15-2-4-16(23)5-3-15)19(24)12-20(18)26-13-27-22;1-13-11-26(7-8-27(13)14(2)28)21-18-9-17(15-3-5-16(22)6-4-15)19(23)10-20(18)24-12-25-21;1-14-12-27(7-6-26(14)8-9-28)21-18-10-17(15-2-4-16(22)5-3-15)19(23)11-20(18)24-13-25-21;1-12-10-26(6-7-27(12)20(23)28)19-16-8-15(13-2-4-14(21)5-3-13)17(22)9-18(16)24-11-25-19/h2-3,6-7,9-11,13-14,30H,4-5,8,12H2,1H3;2-5,11-14H,6-10H2,1H3,(H,25,29);3-6,9-10,12-13H,7-8,11H2,1-2H3;2-5,10-11,13-14,28H,6-9,12H2,1H3;2-5,8-9,11-12H,6-7,10H2,1H3,(H2,23,28). The number of carbonyl (C=O) groups excluding carboxylic acids is 3. The number of piperazine rings is 3. The number of halogens is 10. The van der Waals surface area contributed by atoms with E-state index >= 15 is 4.39 Å². The van der Waals surface area contributed by atoms with Crippen molar-refractivity contribution in [3.05, 3.63) is 271 Å². The number of piperidine rings is 2. The lowest BCUT2D eigenvalue weighted by atomic mass is 9.93. The van der Waals surface area contributed by atoms with Crippen LogP contribution in [0.25, 0.3) is 121 Å². The van der Waals surface area contributed by atoms with Gasteiger partial charge in [0.2, 0.25) is 11.8 Å². The molecule has 143 heavy (non-hydrogen) atoms. The number of urea groups is 1. The van der Waals surface area contributed by atoms with E-state index < -0.39 is 11.8 Å². The van der Waals surface area contributed by atoms with Crippen LogP contribution in [0.3, 0.4) is 0 Å². The maximum atomic E-state index is 15.8. The molecule has 0 bridgehead atoms. The highest BCUT2D eigenvalue weighted by Crippen LogP contribution is 2.46. The summed E-state index contributed by atoms with van der Waals surface area (Å²) in [6.07, 6.45) is 12.5. The van der Waals surface area contributed by atoms with Crippen LogP contribution in [0.5, 0.6) is 5.75 Å². The van der Waals surface area contributed by atoms with Crippen molar-refractivity contribution in [3.63, 3.8) is 0 Å². The molecule has 4 amide bonds. The van der Waals surface area contributed by atoms with E-state index in [0.29, 0.717) is 108 Å². The van der Waals surface area contributed by atoms with Crippen molar-refractivity contribution in [2.45, 2.75) is 84.8 Å². The largest absolute Gasteiger partial charge is 0.508 e. The van der Waals surface area contributed by atoms with Crippen LogP contribution in [0.15, 0.2) is 220 Å². The highest BCUT2D eigenvalue weighted by Gasteiger charge is 2.34.